The highest BCUT2D eigenvalue weighted by Crippen LogP contribution is 2.23. The second kappa shape index (κ2) is 9.58. The molecule has 7 nitrogen and oxygen atoms in total. The van der Waals surface area contributed by atoms with Gasteiger partial charge in [-0.15, -0.1) is 5.12 Å². The van der Waals surface area contributed by atoms with Crippen molar-refractivity contribution in [2.45, 2.75) is 30.8 Å². The molecule has 0 bridgehead atoms. The van der Waals surface area contributed by atoms with E-state index in [0.717, 1.165) is 49.6 Å². The third kappa shape index (κ3) is 5.99. The molecule has 166 valence electrons. The van der Waals surface area contributed by atoms with E-state index < -0.39 is 10.0 Å². The van der Waals surface area contributed by atoms with Crippen LogP contribution >= 0.6 is 11.6 Å². The van der Waals surface area contributed by atoms with Crippen molar-refractivity contribution in [3.05, 3.63) is 77.1 Å². The van der Waals surface area contributed by atoms with Gasteiger partial charge < -0.3 is 5.43 Å². The molecule has 0 unspecified atom stereocenters. The first kappa shape index (κ1) is 22.1. The molecule has 0 spiro atoms. The summed E-state index contributed by atoms with van der Waals surface area (Å²) in [6.45, 7) is 4.68. The summed E-state index contributed by atoms with van der Waals surface area (Å²) < 4.78 is 22.9. The molecule has 0 saturated carbocycles. The minimum atomic E-state index is -3.67. The van der Waals surface area contributed by atoms with Gasteiger partial charge in [-0.1, -0.05) is 35.9 Å². The molecule has 2 aliphatic rings. The zero-order valence-electron chi connectivity index (χ0n) is 17.3. The van der Waals surface area contributed by atoms with Crippen molar-refractivity contribution in [1.29, 1.82) is 0 Å². The Hall–Kier alpha value is -2.10. The lowest BCUT2D eigenvalue weighted by Gasteiger charge is -2.36. The standard InChI is InChI=1S/C22H28ClN5O2S/c23-21-3-1-2-20(14-21)15-26-11-8-19(9-12-26)16-27-13-10-25-28(27)17-18-4-6-22(7-5-18)31(24,29)30/h1-7,10,13-14,19,25H,8-9,11-12,15-17H2,(H2,24,29,30). The van der Waals surface area contributed by atoms with E-state index in [0.29, 0.717) is 12.5 Å². The third-order valence-electron chi connectivity index (χ3n) is 5.81. The first-order valence-electron chi connectivity index (χ1n) is 10.4. The van der Waals surface area contributed by atoms with E-state index in [1.165, 1.54) is 5.56 Å². The minimum absolute atomic E-state index is 0.130. The molecule has 0 atom stereocenters. The van der Waals surface area contributed by atoms with Crippen LogP contribution in [0.5, 0.6) is 0 Å². The van der Waals surface area contributed by atoms with Crippen LogP contribution in [0.3, 0.4) is 0 Å². The van der Waals surface area contributed by atoms with E-state index in [4.69, 9.17) is 16.7 Å². The summed E-state index contributed by atoms with van der Waals surface area (Å²) in [4.78, 5) is 2.62. The van der Waals surface area contributed by atoms with Crippen molar-refractivity contribution < 1.29 is 8.42 Å². The van der Waals surface area contributed by atoms with E-state index in [1.807, 2.05) is 29.5 Å². The van der Waals surface area contributed by atoms with Crippen LogP contribution in [0.25, 0.3) is 0 Å². The Labute approximate surface area is 189 Å². The quantitative estimate of drug-likeness (QED) is 0.659. The van der Waals surface area contributed by atoms with Gasteiger partial charge in [0.25, 0.3) is 0 Å². The average Bonchev–Trinajstić information content (AvgIpc) is 3.16. The third-order valence-corrected chi connectivity index (χ3v) is 6.98. The average molecular weight is 462 g/mol. The largest absolute Gasteiger partial charge is 0.307 e. The first-order valence-corrected chi connectivity index (χ1v) is 12.3. The van der Waals surface area contributed by atoms with Gasteiger partial charge in [0.05, 0.1) is 11.4 Å². The molecular weight excluding hydrogens is 434 g/mol. The Balaban J connectivity index is 1.27. The van der Waals surface area contributed by atoms with E-state index in [2.05, 4.69) is 27.6 Å². The molecule has 2 aromatic carbocycles. The summed E-state index contributed by atoms with van der Waals surface area (Å²) in [6, 6.07) is 14.8. The van der Waals surface area contributed by atoms with E-state index in [9.17, 15) is 8.42 Å². The van der Waals surface area contributed by atoms with Crippen LogP contribution in [0.4, 0.5) is 0 Å². The van der Waals surface area contributed by atoms with Crippen LogP contribution in [0.15, 0.2) is 65.8 Å². The zero-order chi connectivity index (χ0) is 21.8. The van der Waals surface area contributed by atoms with Crippen molar-refractivity contribution in [3.63, 3.8) is 0 Å². The Bertz CT molecular complexity index is 1020. The smallest absolute Gasteiger partial charge is 0.238 e. The summed E-state index contributed by atoms with van der Waals surface area (Å²) in [5.41, 5.74) is 5.52. The van der Waals surface area contributed by atoms with E-state index in [1.54, 1.807) is 24.3 Å². The van der Waals surface area contributed by atoms with Gasteiger partial charge in [-0.3, -0.25) is 9.91 Å². The number of hydrogen-bond donors (Lipinski definition) is 2. The number of nitrogens with one attached hydrogen (secondary N) is 1. The van der Waals surface area contributed by atoms with Gasteiger partial charge >= 0.3 is 0 Å². The molecule has 9 heteroatoms. The number of rotatable bonds is 7. The molecule has 0 amide bonds. The predicted octanol–water partition coefficient (Wildman–Crippen LogP) is 2.91. The van der Waals surface area contributed by atoms with Gasteiger partial charge in [-0.25, -0.2) is 13.6 Å². The number of piperidine rings is 1. The van der Waals surface area contributed by atoms with Crippen molar-refractivity contribution in [2.24, 2.45) is 11.1 Å². The van der Waals surface area contributed by atoms with Crippen molar-refractivity contribution >= 4 is 21.6 Å². The molecule has 0 radical (unpaired) electrons. The molecule has 1 saturated heterocycles. The summed E-state index contributed by atoms with van der Waals surface area (Å²) in [5.74, 6) is 0.618. The lowest BCUT2D eigenvalue weighted by atomic mass is 9.96. The number of primary sulfonamides is 1. The molecule has 2 aliphatic heterocycles. The Morgan fingerprint density at radius 1 is 1.03 bits per heavy atom. The fraction of sp³-hybridized carbons (Fsp3) is 0.364. The van der Waals surface area contributed by atoms with Crippen LogP contribution in [-0.4, -0.2) is 43.1 Å². The highest BCUT2D eigenvalue weighted by molar-refractivity contribution is 7.89. The summed E-state index contributed by atoms with van der Waals surface area (Å²) >= 11 is 6.11. The molecule has 2 heterocycles. The maximum Gasteiger partial charge on any atom is 0.238 e. The van der Waals surface area contributed by atoms with Crippen molar-refractivity contribution in [2.75, 3.05) is 19.6 Å². The van der Waals surface area contributed by atoms with Crippen LogP contribution < -0.4 is 10.6 Å². The van der Waals surface area contributed by atoms with Crippen molar-refractivity contribution in [3.8, 4) is 0 Å². The molecule has 1 fully saturated rings. The number of nitrogens with zero attached hydrogens (tertiary/aromatic N) is 3. The van der Waals surface area contributed by atoms with Crippen LogP contribution in [0.1, 0.15) is 24.0 Å². The molecule has 0 aromatic heterocycles. The van der Waals surface area contributed by atoms with Crippen LogP contribution in [0.2, 0.25) is 5.02 Å². The highest BCUT2D eigenvalue weighted by atomic mass is 35.5. The van der Waals surface area contributed by atoms with Crippen LogP contribution in [0, 0.1) is 5.92 Å². The maximum atomic E-state index is 11.4. The van der Waals surface area contributed by atoms with E-state index >= 15 is 0 Å². The number of likely N-dealkylation sites (tertiary alicyclic amines) is 1. The topological polar surface area (TPSA) is 81.9 Å². The second-order valence-corrected chi connectivity index (χ2v) is 10.2. The van der Waals surface area contributed by atoms with E-state index in [-0.39, 0.29) is 4.90 Å². The Kier molecular flexibility index (Phi) is 6.83. The Morgan fingerprint density at radius 3 is 2.45 bits per heavy atom. The number of nitrogens with two attached hydrogens (primary N) is 1. The monoisotopic (exact) mass is 461 g/mol. The number of halogens is 1. The van der Waals surface area contributed by atoms with Crippen LogP contribution in [-0.2, 0) is 23.1 Å². The van der Waals surface area contributed by atoms with Gasteiger partial charge in [0.2, 0.25) is 10.0 Å². The summed E-state index contributed by atoms with van der Waals surface area (Å²) in [7, 11) is -3.67. The fourth-order valence-corrected chi connectivity index (χ4v) is 4.83. The summed E-state index contributed by atoms with van der Waals surface area (Å²) in [6.07, 6.45) is 6.29. The van der Waals surface area contributed by atoms with Gasteiger partial charge in [0.15, 0.2) is 0 Å². The number of hydrogen-bond acceptors (Lipinski definition) is 6. The number of sulfonamides is 1. The fourth-order valence-electron chi connectivity index (χ4n) is 4.10. The lowest BCUT2D eigenvalue weighted by Crippen LogP contribution is -2.45. The zero-order valence-corrected chi connectivity index (χ0v) is 18.9. The minimum Gasteiger partial charge on any atom is -0.307 e. The van der Waals surface area contributed by atoms with Gasteiger partial charge in [-0.05, 0) is 67.2 Å². The lowest BCUT2D eigenvalue weighted by molar-refractivity contribution is -0.0206. The van der Waals surface area contributed by atoms with Gasteiger partial charge in [0.1, 0.15) is 0 Å². The molecule has 3 N–H and O–H groups in total. The molecule has 2 aromatic rings. The SMILES string of the molecule is NS(=O)(=O)c1ccc(CN2NC=CN2CC2CCN(Cc3cccc(Cl)c3)CC2)cc1. The van der Waals surface area contributed by atoms with Crippen molar-refractivity contribution in [1.82, 2.24) is 20.5 Å². The molecule has 31 heavy (non-hydrogen) atoms. The predicted molar refractivity (Wildman–Crippen MR) is 122 cm³/mol. The second-order valence-electron chi connectivity index (χ2n) is 8.16. The maximum absolute atomic E-state index is 11.4. The molecular formula is C22H28ClN5O2S. The number of hydrazine groups is 2. The normalized spacial score (nSPS) is 18.5. The molecule has 4 rings (SSSR count). The highest BCUT2D eigenvalue weighted by Gasteiger charge is 2.24. The van der Waals surface area contributed by atoms with Gasteiger partial charge in [-0.2, -0.15) is 0 Å². The first-order chi connectivity index (χ1) is 14.9. The Morgan fingerprint density at radius 2 is 1.77 bits per heavy atom. The summed E-state index contributed by atoms with van der Waals surface area (Å²) in [5, 5.41) is 10.2. The van der Waals surface area contributed by atoms with Gasteiger partial charge in [0, 0.05) is 30.5 Å². The molecule has 0 aliphatic carbocycles. The number of benzene rings is 2.